The van der Waals surface area contributed by atoms with Crippen LogP contribution in [0.25, 0.3) is 0 Å². The summed E-state index contributed by atoms with van der Waals surface area (Å²) in [6.07, 6.45) is 1.50. The van der Waals surface area contributed by atoms with Crippen LogP contribution in [0.2, 0.25) is 5.02 Å². The number of amides is 1. The number of nitrogens with one attached hydrogen (secondary N) is 2. The van der Waals surface area contributed by atoms with Crippen molar-refractivity contribution < 1.29 is 9.18 Å². The highest BCUT2D eigenvalue weighted by Crippen LogP contribution is 2.20. The van der Waals surface area contributed by atoms with Crippen LogP contribution in [0.4, 0.5) is 16.0 Å². The largest absolute Gasteiger partial charge is 0.348 e. The summed E-state index contributed by atoms with van der Waals surface area (Å²) in [7, 11) is 0. The molecule has 0 aliphatic heterocycles. The lowest BCUT2D eigenvalue weighted by atomic mass is 10.1. The van der Waals surface area contributed by atoms with Crippen LogP contribution in [-0.2, 0) is 0 Å². The van der Waals surface area contributed by atoms with Crippen LogP contribution in [0.3, 0.4) is 0 Å². The van der Waals surface area contributed by atoms with Crippen LogP contribution in [0.5, 0.6) is 0 Å². The lowest BCUT2D eigenvalue weighted by Crippen LogP contribution is -2.16. The van der Waals surface area contributed by atoms with Crippen molar-refractivity contribution in [1.29, 1.82) is 0 Å². The molecule has 132 valence electrons. The number of rotatable bonds is 5. The monoisotopic (exact) mass is 370 g/mol. The van der Waals surface area contributed by atoms with E-state index in [1.54, 1.807) is 0 Å². The maximum absolute atomic E-state index is 13.2. The van der Waals surface area contributed by atoms with Crippen molar-refractivity contribution in [3.05, 3.63) is 82.9 Å². The van der Waals surface area contributed by atoms with E-state index in [0.717, 1.165) is 5.56 Å². The van der Waals surface area contributed by atoms with Crippen molar-refractivity contribution in [2.24, 2.45) is 0 Å². The summed E-state index contributed by atoms with van der Waals surface area (Å²) in [5.74, 6) is -0.648. The minimum atomic E-state index is -0.548. The second-order valence-electron chi connectivity index (χ2n) is 5.63. The first-order chi connectivity index (χ1) is 12.5. The van der Waals surface area contributed by atoms with Crippen molar-refractivity contribution in [2.45, 2.75) is 13.0 Å². The Balaban J connectivity index is 1.72. The molecule has 5 nitrogen and oxygen atoms in total. The summed E-state index contributed by atoms with van der Waals surface area (Å²) in [6, 6.07) is 15.3. The van der Waals surface area contributed by atoms with Gasteiger partial charge in [-0.2, -0.15) is 0 Å². The van der Waals surface area contributed by atoms with E-state index in [4.69, 9.17) is 11.6 Å². The number of carbonyl (C=O) groups excluding carboxylic acids is 1. The number of halogens is 2. The molecule has 0 fully saturated rings. The van der Waals surface area contributed by atoms with E-state index in [1.807, 2.05) is 37.3 Å². The molecule has 0 radical (unpaired) electrons. The third-order valence-electron chi connectivity index (χ3n) is 3.71. The van der Waals surface area contributed by atoms with E-state index >= 15 is 0 Å². The summed E-state index contributed by atoms with van der Waals surface area (Å²) in [5, 5.41) is 5.73. The van der Waals surface area contributed by atoms with Gasteiger partial charge in [0.25, 0.3) is 5.91 Å². The summed E-state index contributed by atoms with van der Waals surface area (Å²) in [6.45, 7) is 1.98. The van der Waals surface area contributed by atoms with E-state index in [-0.39, 0.29) is 16.8 Å². The number of hydrogen-bond acceptors (Lipinski definition) is 4. The van der Waals surface area contributed by atoms with Gasteiger partial charge in [-0.1, -0.05) is 41.9 Å². The fourth-order valence-corrected chi connectivity index (χ4v) is 2.52. The quantitative estimate of drug-likeness (QED) is 0.683. The van der Waals surface area contributed by atoms with E-state index in [0.29, 0.717) is 11.6 Å². The molecule has 3 rings (SSSR count). The summed E-state index contributed by atoms with van der Waals surface area (Å²) < 4.78 is 13.2. The van der Waals surface area contributed by atoms with Crippen molar-refractivity contribution in [3.63, 3.8) is 0 Å². The minimum absolute atomic E-state index is 0.0228. The Morgan fingerprint density at radius 2 is 1.92 bits per heavy atom. The molecule has 1 amide bonds. The van der Waals surface area contributed by atoms with Crippen LogP contribution < -0.4 is 10.6 Å². The number of benzene rings is 2. The van der Waals surface area contributed by atoms with Crippen molar-refractivity contribution in [1.82, 2.24) is 9.97 Å². The smallest absolute Gasteiger partial charge is 0.274 e. The first-order valence-electron chi connectivity index (χ1n) is 7.94. The van der Waals surface area contributed by atoms with Gasteiger partial charge in [0, 0.05) is 11.9 Å². The average molecular weight is 371 g/mol. The fraction of sp³-hybridized carbons (Fsp3) is 0.105. The molecule has 7 heteroatoms. The van der Waals surface area contributed by atoms with E-state index < -0.39 is 11.7 Å². The normalized spacial score (nSPS) is 11.7. The summed E-state index contributed by atoms with van der Waals surface area (Å²) >= 11 is 5.72. The molecule has 26 heavy (non-hydrogen) atoms. The predicted octanol–water partition coefficient (Wildman–Crippen LogP) is 4.69. The Kier molecular flexibility index (Phi) is 5.43. The Hall–Kier alpha value is -2.99. The maximum atomic E-state index is 13.2. The van der Waals surface area contributed by atoms with E-state index in [1.165, 1.54) is 30.5 Å². The molecule has 1 heterocycles. The van der Waals surface area contributed by atoms with Crippen molar-refractivity contribution in [3.8, 4) is 0 Å². The minimum Gasteiger partial charge on any atom is -0.348 e. The van der Waals surface area contributed by atoms with Crippen LogP contribution in [0.1, 0.15) is 29.0 Å². The number of hydrogen-bond donors (Lipinski definition) is 2. The standard InChI is InChI=1S/C19H16ClFN4O/c1-12(13-5-3-2-4-6-13)23-19-22-10-9-17(25-19)18(26)24-14-7-8-16(21)15(20)11-14/h2-12H,1H3,(H,24,26)(H,22,23,25). The van der Waals surface area contributed by atoms with Crippen LogP contribution in [0.15, 0.2) is 60.8 Å². The van der Waals surface area contributed by atoms with Crippen molar-refractivity contribution in [2.75, 3.05) is 10.6 Å². The first kappa shape index (κ1) is 17.8. The molecule has 2 N–H and O–H groups in total. The second-order valence-corrected chi connectivity index (χ2v) is 6.03. The van der Waals surface area contributed by atoms with Gasteiger partial charge in [0.1, 0.15) is 11.5 Å². The second kappa shape index (κ2) is 7.93. The SMILES string of the molecule is CC(Nc1nccc(C(=O)Nc2ccc(F)c(Cl)c2)n1)c1ccccc1. The Morgan fingerprint density at radius 3 is 2.65 bits per heavy atom. The molecule has 0 saturated carbocycles. The summed E-state index contributed by atoms with van der Waals surface area (Å²) in [5.41, 5.74) is 1.64. The van der Waals surface area contributed by atoms with Gasteiger partial charge >= 0.3 is 0 Å². The Labute approximate surface area is 155 Å². The molecule has 0 aliphatic carbocycles. The van der Waals surface area contributed by atoms with E-state index in [2.05, 4.69) is 20.6 Å². The topological polar surface area (TPSA) is 66.9 Å². The third-order valence-corrected chi connectivity index (χ3v) is 4.00. The van der Waals surface area contributed by atoms with Crippen LogP contribution >= 0.6 is 11.6 Å². The molecule has 0 aliphatic rings. The summed E-state index contributed by atoms with van der Waals surface area (Å²) in [4.78, 5) is 20.7. The lowest BCUT2D eigenvalue weighted by Gasteiger charge is -2.14. The van der Waals surface area contributed by atoms with Crippen LogP contribution in [0, 0.1) is 5.82 Å². The van der Waals surface area contributed by atoms with Gasteiger partial charge in [0.15, 0.2) is 0 Å². The molecule has 1 unspecified atom stereocenters. The maximum Gasteiger partial charge on any atom is 0.274 e. The molecule has 0 bridgehead atoms. The van der Waals surface area contributed by atoms with Gasteiger partial charge in [-0.15, -0.1) is 0 Å². The number of aromatic nitrogens is 2. The molecule has 3 aromatic rings. The lowest BCUT2D eigenvalue weighted by molar-refractivity contribution is 0.102. The van der Waals surface area contributed by atoms with Gasteiger partial charge in [0.05, 0.1) is 11.1 Å². The molecular weight excluding hydrogens is 355 g/mol. The fourth-order valence-electron chi connectivity index (χ4n) is 2.34. The average Bonchev–Trinajstić information content (AvgIpc) is 2.65. The van der Waals surface area contributed by atoms with Gasteiger partial charge in [-0.25, -0.2) is 14.4 Å². The zero-order valence-corrected chi connectivity index (χ0v) is 14.7. The zero-order valence-electron chi connectivity index (χ0n) is 13.9. The van der Waals surface area contributed by atoms with Gasteiger partial charge in [-0.3, -0.25) is 4.79 Å². The molecule has 0 spiro atoms. The number of nitrogens with zero attached hydrogens (tertiary/aromatic N) is 2. The van der Waals surface area contributed by atoms with Gasteiger partial charge < -0.3 is 10.6 Å². The highest BCUT2D eigenvalue weighted by molar-refractivity contribution is 6.31. The molecule has 2 aromatic carbocycles. The molecule has 1 atom stereocenters. The molecule has 0 saturated heterocycles. The van der Waals surface area contributed by atoms with E-state index in [9.17, 15) is 9.18 Å². The van der Waals surface area contributed by atoms with Gasteiger partial charge in [-0.05, 0) is 36.8 Å². The Morgan fingerprint density at radius 1 is 1.15 bits per heavy atom. The Bertz CT molecular complexity index is 920. The number of anilines is 2. The highest BCUT2D eigenvalue weighted by Gasteiger charge is 2.12. The zero-order chi connectivity index (χ0) is 18.5. The third kappa shape index (κ3) is 4.34. The highest BCUT2D eigenvalue weighted by atomic mass is 35.5. The number of carbonyl (C=O) groups is 1. The van der Waals surface area contributed by atoms with Crippen molar-refractivity contribution >= 4 is 29.1 Å². The van der Waals surface area contributed by atoms with Gasteiger partial charge in [0.2, 0.25) is 5.95 Å². The predicted molar refractivity (Wildman–Crippen MR) is 99.9 cm³/mol. The molecular formula is C19H16ClFN4O. The van der Waals surface area contributed by atoms with Crippen LogP contribution in [-0.4, -0.2) is 15.9 Å². The molecule has 1 aromatic heterocycles. The first-order valence-corrected chi connectivity index (χ1v) is 8.31.